The summed E-state index contributed by atoms with van der Waals surface area (Å²) in [7, 11) is 0. The molecular weight excluding hydrogens is 338 g/mol. The third kappa shape index (κ3) is 3.97. The van der Waals surface area contributed by atoms with Gasteiger partial charge in [0.2, 0.25) is 0 Å². The van der Waals surface area contributed by atoms with Crippen LogP contribution in [-0.4, -0.2) is 34.7 Å². The van der Waals surface area contributed by atoms with Gasteiger partial charge in [-0.15, -0.1) is 4.91 Å². The Morgan fingerprint density at radius 3 is 2.78 bits per heavy atom. The van der Waals surface area contributed by atoms with Crippen LogP contribution < -0.4 is 0 Å². The van der Waals surface area contributed by atoms with Crippen molar-refractivity contribution in [2.75, 3.05) is 13.1 Å². The summed E-state index contributed by atoms with van der Waals surface area (Å²) in [6.07, 6.45) is 13.5. The molecule has 2 heterocycles. The Balaban J connectivity index is 1.64. The highest BCUT2D eigenvalue weighted by Gasteiger charge is 2.34. The Morgan fingerprint density at radius 2 is 2.11 bits per heavy atom. The maximum absolute atomic E-state index is 12.5. The van der Waals surface area contributed by atoms with Crippen LogP contribution in [0, 0.1) is 11.8 Å². The zero-order valence-electron chi connectivity index (χ0n) is 15.6. The molecule has 0 radical (unpaired) electrons. The maximum atomic E-state index is 12.5. The number of fused-ring (bicyclic) bond motifs is 1. The van der Waals surface area contributed by atoms with Crippen LogP contribution in [0.4, 0.5) is 5.69 Å². The van der Waals surface area contributed by atoms with Crippen molar-refractivity contribution in [1.29, 1.82) is 0 Å². The number of benzene rings is 1. The highest BCUT2D eigenvalue weighted by molar-refractivity contribution is 6.08. The van der Waals surface area contributed by atoms with Crippen molar-refractivity contribution in [3.8, 4) is 0 Å². The zero-order chi connectivity index (χ0) is 19.4. The van der Waals surface area contributed by atoms with E-state index in [1.165, 1.54) is 11.8 Å². The van der Waals surface area contributed by atoms with Gasteiger partial charge < -0.3 is 9.80 Å². The zero-order valence-corrected chi connectivity index (χ0v) is 15.6. The van der Waals surface area contributed by atoms with Crippen molar-refractivity contribution in [3.05, 3.63) is 94.9 Å². The van der Waals surface area contributed by atoms with Crippen LogP contribution in [0.2, 0.25) is 0 Å². The first kappa shape index (κ1) is 18.6. The molecule has 2 aliphatic rings. The standard InChI is InChI=1S/C22H23N3O2/c1-4-5-6-7-17(3)25-15-18-13-19(25)14-24(18)11-10-22(26)20-12-16(2)8-9-21(20)23-27/h4-13,18H,3,14-15H2,1-2H3/b5-4-,7-6-,11-10+. The van der Waals surface area contributed by atoms with E-state index in [0.717, 1.165) is 24.4 Å². The van der Waals surface area contributed by atoms with Crippen LogP contribution >= 0.6 is 0 Å². The van der Waals surface area contributed by atoms with E-state index in [4.69, 9.17) is 0 Å². The van der Waals surface area contributed by atoms with Crippen molar-refractivity contribution in [2.45, 2.75) is 19.9 Å². The van der Waals surface area contributed by atoms with E-state index in [1.54, 1.807) is 18.2 Å². The highest BCUT2D eigenvalue weighted by Crippen LogP contribution is 2.31. The SMILES string of the molecule is C=C(/C=C\C=C/C)N1CC2C=C1CN2/C=C/C(=O)c1cc(C)ccc1N=O. The number of allylic oxidation sites excluding steroid dienone is 5. The van der Waals surface area contributed by atoms with Gasteiger partial charge in [-0.3, -0.25) is 4.79 Å². The summed E-state index contributed by atoms with van der Waals surface area (Å²) in [5, 5.41) is 2.95. The number of rotatable bonds is 7. The number of carbonyl (C=O) groups is 1. The van der Waals surface area contributed by atoms with E-state index in [9.17, 15) is 9.70 Å². The Kier molecular flexibility index (Phi) is 5.50. The predicted octanol–water partition coefficient (Wildman–Crippen LogP) is 4.62. The Morgan fingerprint density at radius 1 is 1.30 bits per heavy atom. The van der Waals surface area contributed by atoms with E-state index >= 15 is 0 Å². The molecule has 2 aliphatic heterocycles. The van der Waals surface area contributed by atoms with Crippen molar-refractivity contribution < 1.29 is 4.79 Å². The number of hydrogen-bond donors (Lipinski definition) is 0. The number of aryl methyl sites for hydroxylation is 1. The summed E-state index contributed by atoms with van der Waals surface area (Å²) >= 11 is 0. The Labute approximate surface area is 159 Å². The van der Waals surface area contributed by atoms with Gasteiger partial charge in [0.1, 0.15) is 5.69 Å². The third-order valence-corrected chi connectivity index (χ3v) is 4.74. The minimum Gasteiger partial charge on any atom is -0.363 e. The molecule has 5 nitrogen and oxygen atoms in total. The van der Waals surface area contributed by atoms with E-state index < -0.39 is 0 Å². The van der Waals surface area contributed by atoms with E-state index in [0.29, 0.717) is 5.56 Å². The molecule has 1 atom stereocenters. The molecule has 27 heavy (non-hydrogen) atoms. The summed E-state index contributed by atoms with van der Waals surface area (Å²) in [6, 6.07) is 5.27. The minimum atomic E-state index is -0.211. The maximum Gasteiger partial charge on any atom is 0.189 e. The van der Waals surface area contributed by atoms with Gasteiger partial charge in [0.05, 0.1) is 18.2 Å². The molecular formula is C22H23N3O2. The van der Waals surface area contributed by atoms with Crippen LogP contribution in [0.15, 0.2) is 84.0 Å². The number of nitroso groups, excluding NO2 is 1. The van der Waals surface area contributed by atoms with Crippen LogP contribution in [0.1, 0.15) is 22.8 Å². The van der Waals surface area contributed by atoms with Gasteiger partial charge in [-0.2, -0.15) is 0 Å². The van der Waals surface area contributed by atoms with Crippen LogP contribution in [0.25, 0.3) is 0 Å². The van der Waals surface area contributed by atoms with E-state index in [-0.39, 0.29) is 17.5 Å². The highest BCUT2D eigenvalue weighted by atomic mass is 16.3. The lowest BCUT2D eigenvalue weighted by Crippen LogP contribution is -2.40. The fraction of sp³-hybridized carbons (Fsp3) is 0.227. The molecule has 1 aromatic rings. The van der Waals surface area contributed by atoms with Crippen molar-refractivity contribution in [3.63, 3.8) is 0 Å². The second-order valence-electron chi connectivity index (χ2n) is 6.68. The second-order valence-corrected chi connectivity index (χ2v) is 6.68. The molecule has 3 rings (SSSR count). The molecule has 1 aromatic carbocycles. The summed E-state index contributed by atoms with van der Waals surface area (Å²) in [4.78, 5) is 27.7. The topological polar surface area (TPSA) is 53.0 Å². The lowest BCUT2D eigenvalue weighted by molar-refractivity contribution is 0.104. The second kappa shape index (κ2) is 7.99. The van der Waals surface area contributed by atoms with Gasteiger partial charge in [-0.25, -0.2) is 0 Å². The fourth-order valence-corrected chi connectivity index (χ4v) is 3.32. The van der Waals surface area contributed by atoms with Gasteiger partial charge >= 0.3 is 0 Å². The number of carbonyl (C=O) groups excluding carboxylic acids is 1. The molecule has 0 saturated heterocycles. The summed E-state index contributed by atoms with van der Waals surface area (Å²) in [6.45, 7) is 9.54. The Bertz CT molecular complexity index is 893. The molecule has 0 amide bonds. The fourth-order valence-electron chi connectivity index (χ4n) is 3.32. The molecule has 0 spiro atoms. The molecule has 0 N–H and O–H groups in total. The molecule has 138 valence electrons. The number of ketones is 1. The van der Waals surface area contributed by atoms with Crippen LogP contribution in [0.5, 0.6) is 0 Å². The predicted molar refractivity (Wildman–Crippen MR) is 108 cm³/mol. The normalized spacial score (nSPS) is 18.9. The Hall–Kier alpha value is -3.21. The van der Waals surface area contributed by atoms with Gasteiger partial charge in [0, 0.05) is 30.2 Å². The van der Waals surface area contributed by atoms with Crippen LogP contribution in [0.3, 0.4) is 0 Å². The van der Waals surface area contributed by atoms with E-state index in [2.05, 4.69) is 27.6 Å². The number of nitrogens with zero attached hydrogens (tertiary/aromatic N) is 3. The molecule has 0 aliphatic carbocycles. The largest absolute Gasteiger partial charge is 0.363 e. The summed E-state index contributed by atoms with van der Waals surface area (Å²) in [5.74, 6) is -0.211. The first-order valence-corrected chi connectivity index (χ1v) is 8.92. The lowest BCUT2D eigenvalue weighted by Gasteiger charge is -2.34. The van der Waals surface area contributed by atoms with Crippen molar-refractivity contribution in [2.24, 2.45) is 5.18 Å². The monoisotopic (exact) mass is 361 g/mol. The lowest BCUT2D eigenvalue weighted by atomic mass is 10.1. The van der Waals surface area contributed by atoms with Gasteiger partial charge in [-0.05, 0) is 43.3 Å². The van der Waals surface area contributed by atoms with Crippen molar-refractivity contribution >= 4 is 11.5 Å². The molecule has 0 fully saturated rings. The summed E-state index contributed by atoms with van der Waals surface area (Å²) < 4.78 is 0. The molecule has 1 unspecified atom stereocenters. The first-order valence-electron chi connectivity index (χ1n) is 8.92. The van der Waals surface area contributed by atoms with Crippen LogP contribution in [-0.2, 0) is 0 Å². The molecule has 2 bridgehead atoms. The van der Waals surface area contributed by atoms with Gasteiger partial charge in [0.25, 0.3) is 0 Å². The minimum absolute atomic E-state index is 0.175. The van der Waals surface area contributed by atoms with Gasteiger partial charge in [-0.1, -0.05) is 36.4 Å². The number of piperazine rings is 1. The molecule has 0 saturated carbocycles. The third-order valence-electron chi connectivity index (χ3n) is 4.74. The first-order chi connectivity index (χ1) is 13.0. The summed E-state index contributed by atoms with van der Waals surface area (Å²) in [5.41, 5.74) is 3.59. The molecule has 0 aromatic heterocycles. The number of hydrogen-bond acceptors (Lipinski definition) is 5. The van der Waals surface area contributed by atoms with Crippen molar-refractivity contribution in [1.82, 2.24) is 9.80 Å². The smallest absolute Gasteiger partial charge is 0.189 e. The quantitative estimate of drug-likeness (QED) is 0.308. The molecule has 5 heteroatoms. The average molecular weight is 361 g/mol. The van der Waals surface area contributed by atoms with E-state index in [1.807, 2.05) is 44.4 Å². The van der Waals surface area contributed by atoms with Gasteiger partial charge in [0.15, 0.2) is 5.78 Å². The average Bonchev–Trinajstić information content (AvgIpc) is 3.26.